The van der Waals surface area contributed by atoms with Gasteiger partial charge in [-0.15, -0.1) is 0 Å². The van der Waals surface area contributed by atoms with Crippen molar-refractivity contribution in [2.45, 2.75) is 6.10 Å². The molecule has 1 aliphatic rings. The van der Waals surface area contributed by atoms with Crippen LogP contribution >= 0.6 is 15.9 Å². The van der Waals surface area contributed by atoms with Gasteiger partial charge in [-0.05, 0) is 0 Å². The van der Waals surface area contributed by atoms with E-state index in [1.54, 1.807) is 0 Å². The van der Waals surface area contributed by atoms with E-state index in [4.69, 9.17) is 14.2 Å². The van der Waals surface area contributed by atoms with Crippen LogP contribution in [0.15, 0.2) is 0 Å². The molecule has 0 aromatic rings. The second-order valence-electron chi connectivity index (χ2n) is 3.03. The standard InChI is InChI=1S/C9H16BrNO4/c10-1-3-13-4-2-11-9(12)8-7-14-5-6-15-8/h8H,1-7H2,(H,11,12). The first kappa shape index (κ1) is 12.9. The van der Waals surface area contributed by atoms with Crippen LogP contribution in [0.1, 0.15) is 0 Å². The summed E-state index contributed by atoms with van der Waals surface area (Å²) in [6.45, 7) is 3.07. The van der Waals surface area contributed by atoms with E-state index in [0.29, 0.717) is 39.6 Å². The Morgan fingerprint density at radius 3 is 3.00 bits per heavy atom. The van der Waals surface area contributed by atoms with Crippen LogP contribution in [0.25, 0.3) is 0 Å². The lowest BCUT2D eigenvalue weighted by atomic mass is 10.3. The number of nitrogens with one attached hydrogen (secondary N) is 1. The number of amides is 1. The smallest absolute Gasteiger partial charge is 0.251 e. The highest BCUT2D eigenvalue weighted by Crippen LogP contribution is 1.99. The van der Waals surface area contributed by atoms with E-state index in [1.165, 1.54) is 0 Å². The van der Waals surface area contributed by atoms with Gasteiger partial charge in [-0.25, -0.2) is 0 Å². The molecule has 0 aromatic heterocycles. The highest BCUT2D eigenvalue weighted by Gasteiger charge is 2.21. The van der Waals surface area contributed by atoms with Crippen molar-refractivity contribution in [1.82, 2.24) is 5.32 Å². The van der Waals surface area contributed by atoms with Crippen molar-refractivity contribution in [3.05, 3.63) is 0 Å². The van der Waals surface area contributed by atoms with Crippen molar-refractivity contribution >= 4 is 21.8 Å². The van der Waals surface area contributed by atoms with E-state index in [9.17, 15) is 4.79 Å². The maximum Gasteiger partial charge on any atom is 0.251 e. The monoisotopic (exact) mass is 281 g/mol. The number of carbonyl (C=O) groups excluding carboxylic acids is 1. The molecule has 15 heavy (non-hydrogen) atoms. The predicted molar refractivity (Wildman–Crippen MR) is 58.2 cm³/mol. The Morgan fingerprint density at radius 1 is 1.47 bits per heavy atom. The Kier molecular flexibility index (Phi) is 6.91. The van der Waals surface area contributed by atoms with E-state index in [2.05, 4.69) is 21.2 Å². The molecule has 1 N–H and O–H groups in total. The number of carbonyl (C=O) groups is 1. The second kappa shape index (κ2) is 8.04. The van der Waals surface area contributed by atoms with Crippen LogP contribution in [0.5, 0.6) is 0 Å². The largest absolute Gasteiger partial charge is 0.379 e. The minimum atomic E-state index is -0.463. The molecular formula is C9H16BrNO4. The van der Waals surface area contributed by atoms with Gasteiger partial charge in [0.1, 0.15) is 0 Å². The number of hydrogen-bond donors (Lipinski definition) is 1. The molecule has 88 valence electrons. The Bertz CT molecular complexity index is 185. The quantitative estimate of drug-likeness (QED) is 0.547. The Hall–Kier alpha value is -0.170. The number of hydrogen-bond acceptors (Lipinski definition) is 4. The average Bonchev–Trinajstić information content (AvgIpc) is 2.30. The van der Waals surface area contributed by atoms with Crippen molar-refractivity contribution in [3.8, 4) is 0 Å². The van der Waals surface area contributed by atoms with Crippen LogP contribution in [-0.2, 0) is 19.0 Å². The Labute approximate surface area is 97.6 Å². The molecule has 0 radical (unpaired) electrons. The minimum absolute atomic E-state index is 0.128. The number of ether oxygens (including phenoxy) is 3. The highest BCUT2D eigenvalue weighted by atomic mass is 79.9. The van der Waals surface area contributed by atoms with E-state index < -0.39 is 6.10 Å². The summed E-state index contributed by atoms with van der Waals surface area (Å²) in [6, 6.07) is 0. The van der Waals surface area contributed by atoms with Crippen LogP contribution in [0.3, 0.4) is 0 Å². The predicted octanol–water partition coefficient (Wildman–Crippen LogP) is -0.0705. The molecule has 0 spiro atoms. The van der Waals surface area contributed by atoms with Gasteiger partial charge >= 0.3 is 0 Å². The van der Waals surface area contributed by atoms with Crippen molar-refractivity contribution in [3.63, 3.8) is 0 Å². The molecular weight excluding hydrogens is 266 g/mol. The molecule has 0 aliphatic carbocycles. The van der Waals surface area contributed by atoms with E-state index in [1.807, 2.05) is 0 Å². The minimum Gasteiger partial charge on any atom is -0.379 e. The Morgan fingerprint density at radius 2 is 2.33 bits per heavy atom. The molecule has 1 unspecified atom stereocenters. The molecule has 1 fully saturated rings. The van der Waals surface area contributed by atoms with Gasteiger partial charge in [0.25, 0.3) is 5.91 Å². The van der Waals surface area contributed by atoms with Gasteiger partial charge < -0.3 is 19.5 Å². The summed E-state index contributed by atoms with van der Waals surface area (Å²) in [5.74, 6) is -0.128. The van der Waals surface area contributed by atoms with Crippen molar-refractivity contribution in [1.29, 1.82) is 0 Å². The molecule has 1 aliphatic heterocycles. The maximum atomic E-state index is 11.4. The summed E-state index contributed by atoms with van der Waals surface area (Å²) in [4.78, 5) is 11.4. The lowest BCUT2D eigenvalue weighted by molar-refractivity contribution is -0.147. The summed E-state index contributed by atoms with van der Waals surface area (Å²) in [6.07, 6.45) is -0.463. The molecule has 0 aromatic carbocycles. The summed E-state index contributed by atoms with van der Waals surface area (Å²) in [5, 5.41) is 3.53. The van der Waals surface area contributed by atoms with Gasteiger partial charge in [-0.3, -0.25) is 4.79 Å². The zero-order valence-corrected chi connectivity index (χ0v) is 10.1. The SMILES string of the molecule is O=C(NCCOCCBr)C1COCCO1. The topological polar surface area (TPSA) is 56.8 Å². The molecule has 0 saturated carbocycles. The first-order chi connectivity index (χ1) is 7.34. The van der Waals surface area contributed by atoms with Crippen molar-refractivity contribution in [2.24, 2.45) is 0 Å². The van der Waals surface area contributed by atoms with E-state index in [0.717, 1.165) is 5.33 Å². The summed E-state index contributed by atoms with van der Waals surface area (Å²) >= 11 is 3.24. The molecule has 5 nitrogen and oxygen atoms in total. The third kappa shape index (κ3) is 5.46. The first-order valence-electron chi connectivity index (χ1n) is 4.95. The van der Waals surface area contributed by atoms with E-state index >= 15 is 0 Å². The van der Waals surface area contributed by atoms with Crippen LogP contribution in [0, 0.1) is 0 Å². The zero-order chi connectivity index (χ0) is 10.9. The molecule has 1 heterocycles. The van der Waals surface area contributed by atoms with Crippen LogP contribution in [-0.4, -0.2) is 56.9 Å². The van der Waals surface area contributed by atoms with Gasteiger partial charge in [0.15, 0.2) is 6.10 Å². The lowest BCUT2D eigenvalue weighted by Crippen LogP contribution is -2.43. The third-order valence-corrected chi connectivity index (χ3v) is 2.20. The summed E-state index contributed by atoms with van der Waals surface area (Å²) in [5.41, 5.74) is 0. The Balaban J connectivity index is 2.02. The van der Waals surface area contributed by atoms with Crippen LogP contribution < -0.4 is 5.32 Å². The van der Waals surface area contributed by atoms with Crippen LogP contribution in [0.2, 0.25) is 0 Å². The maximum absolute atomic E-state index is 11.4. The molecule has 1 atom stereocenters. The average molecular weight is 282 g/mol. The zero-order valence-electron chi connectivity index (χ0n) is 8.54. The fourth-order valence-corrected chi connectivity index (χ4v) is 1.38. The first-order valence-corrected chi connectivity index (χ1v) is 6.07. The summed E-state index contributed by atoms with van der Waals surface area (Å²) < 4.78 is 15.5. The number of alkyl halides is 1. The van der Waals surface area contributed by atoms with Gasteiger partial charge in [0, 0.05) is 11.9 Å². The van der Waals surface area contributed by atoms with Gasteiger partial charge in [0.2, 0.25) is 0 Å². The van der Waals surface area contributed by atoms with Gasteiger partial charge in [-0.2, -0.15) is 0 Å². The fourth-order valence-electron chi connectivity index (χ4n) is 1.16. The lowest BCUT2D eigenvalue weighted by Gasteiger charge is -2.21. The van der Waals surface area contributed by atoms with E-state index in [-0.39, 0.29) is 5.91 Å². The van der Waals surface area contributed by atoms with Gasteiger partial charge in [-0.1, -0.05) is 15.9 Å². The molecule has 6 heteroatoms. The third-order valence-electron chi connectivity index (χ3n) is 1.88. The van der Waals surface area contributed by atoms with Crippen LogP contribution in [0.4, 0.5) is 0 Å². The van der Waals surface area contributed by atoms with Gasteiger partial charge in [0.05, 0.1) is 33.0 Å². The molecule has 1 rings (SSSR count). The molecule has 0 bridgehead atoms. The second-order valence-corrected chi connectivity index (χ2v) is 3.82. The van der Waals surface area contributed by atoms with Crippen molar-refractivity contribution < 1.29 is 19.0 Å². The number of halogens is 1. The normalized spacial score (nSPS) is 21.3. The number of rotatable bonds is 6. The molecule has 1 amide bonds. The van der Waals surface area contributed by atoms with Crippen molar-refractivity contribution in [2.75, 3.05) is 44.9 Å². The highest BCUT2D eigenvalue weighted by molar-refractivity contribution is 9.09. The fraction of sp³-hybridized carbons (Fsp3) is 0.889. The summed E-state index contributed by atoms with van der Waals surface area (Å²) in [7, 11) is 0. The molecule has 1 saturated heterocycles.